The van der Waals surface area contributed by atoms with Crippen LogP contribution < -0.4 is 0 Å². The van der Waals surface area contributed by atoms with Crippen LogP contribution in [-0.4, -0.2) is 22.1 Å². The number of rotatable bonds is 3. The number of hydrogen-bond acceptors (Lipinski definition) is 3. The van der Waals surface area contributed by atoms with Crippen LogP contribution in [0.4, 0.5) is 0 Å². The fourth-order valence-corrected chi connectivity index (χ4v) is 5.48. The third kappa shape index (κ3) is 2.50. The number of carbonyl (C=O) groups excluding carboxylic acids is 1. The van der Waals surface area contributed by atoms with Gasteiger partial charge in [-0.05, 0) is 60.7 Å². The first kappa shape index (κ1) is 18.7. The molecule has 1 N–H and O–H groups in total. The minimum atomic E-state index is -0.660. The highest BCUT2D eigenvalue weighted by Crippen LogP contribution is 2.60. The molecule has 4 atom stereocenters. The van der Waals surface area contributed by atoms with Crippen molar-refractivity contribution in [3.63, 3.8) is 0 Å². The van der Waals surface area contributed by atoms with Crippen LogP contribution in [0.2, 0.25) is 5.02 Å². The molecule has 2 aromatic rings. The van der Waals surface area contributed by atoms with Crippen LogP contribution in [-0.2, 0) is 16.0 Å². The maximum absolute atomic E-state index is 13.5. The van der Waals surface area contributed by atoms with Crippen molar-refractivity contribution < 1.29 is 14.6 Å². The number of carbonyl (C=O) groups is 1. The van der Waals surface area contributed by atoms with Crippen molar-refractivity contribution in [2.45, 2.75) is 38.4 Å². The normalized spacial score (nSPS) is 32.3. The monoisotopic (exact) mass is 406 g/mol. The van der Waals surface area contributed by atoms with Crippen LogP contribution in [0.1, 0.15) is 31.9 Å². The van der Waals surface area contributed by atoms with Gasteiger partial charge in [0.25, 0.3) is 0 Å². The average Bonchev–Trinajstić information content (AvgIpc) is 3.25. The summed E-state index contributed by atoms with van der Waals surface area (Å²) < 4.78 is 6.16. The molecule has 2 aromatic carbocycles. The molecule has 3 nitrogen and oxygen atoms in total. The van der Waals surface area contributed by atoms with Gasteiger partial charge in [-0.25, -0.2) is 0 Å². The highest BCUT2D eigenvalue weighted by Gasteiger charge is 2.67. The minimum absolute atomic E-state index is 0.0222. The van der Waals surface area contributed by atoms with Gasteiger partial charge in [-0.3, -0.25) is 4.79 Å². The molecule has 148 valence electrons. The topological polar surface area (TPSA) is 46.5 Å². The highest BCUT2D eigenvalue weighted by molar-refractivity contribution is 6.30. The van der Waals surface area contributed by atoms with E-state index in [1.807, 2.05) is 62.4 Å². The Labute approximate surface area is 175 Å². The van der Waals surface area contributed by atoms with E-state index < -0.39 is 11.2 Å². The van der Waals surface area contributed by atoms with Gasteiger partial charge in [0.05, 0.1) is 28.6 Å². The van der Waals surface area contributed by atoms with E-state index in [4.69, 9.17) is 16.3 Å². The second-order valence-corrected chi connectivity index (χ2v) is 9.05. The maximum atomic E-state index is 13.5. The average molecular weight is 407 g/mol. The van der Waals surface area contributed by atoms with Gasteiger partial charge in [0, 0.05) is 5.02 Å². The Morgan fingerprint density at radius 3 is 2.24 bits per heavy atom. The van der Waals surface area contributed by atoms with Crippen molar-refractivity contribution in [1.29, 1.82) is 0 Å². The Morgan fingerprint density at radius 2 is 1.62 bits per heavy atom. The first-order valence-electron chi connectivity index (χ1n) is 10.0. The molecule has 3 aliphatic rings. The zero-order valence-electron chi connectivity index (χ0n) is 16.7. The quantitative estimate of drug-likeness (QED) is 0.658. The summed E-state index contributed by atoms with van der Waals surface area (Å²) in [6.45, 7) is 5.96. The molecular weight excluding hydrogens is 384 g/mol. The van der Waals surface area contributed by atoms with Gasteiger partial charge < -0.3 is 9.84 Å². The molecule has 2 heterocycles. The van der Waals surface area contributed by atoms with E-state index in [-0.39, 0.29) is 23.4 Å². The van der Waals surface area contributed by atoms with E-state index in [2.05, 4.69) is 13.0 Å². The van der Waals surface area contributed by atoms with E-state index in [1.54, 1.807) is 0 Å². The molecule has 2 aliphatic heterocycles. The van der Waals surface area contributed by atoms with E-state index in [0.29, 0.717) is 10.6 Å². The molecule has 0 amide bonds. The van der Waals surface area contributed by atoms with Crippen molar-refractivity contribution >= 4 is 23.0 Å². The Bertz CT molecular complexity index is 1100. The molecule has 0 aromatic heterocycles. The summed E-state index contributed by atoms with van der Waals surface area (Å²) >= 11 is 6.03. The summed E-state index contributed by atoms with van der Waals surface area (Å²) in [6.07, 6.45) is 4.75. The number of Topliss-reactive ketones (excluding diaryl/α,β-unsaturated/α-hetero) is 1. The zero-order chi connectivity index (χ0) is 20.6. The van der Waals surface area contributed by atoms with Crippen molar-refractivity contribution in [1.82, 2.24) is 0 Å². The Morgan fingerprint density at radius 1 is 1.00 bits per heavy atom. The molecule has 0 saturated carbocycles. The summed E-state index contributed by atoms with van der Waals surface area (Å²) in [7, 11) is 0. The Balaban J connectivity index is 1.66. The number of halogens is 1. The van der Waals surface area contributed by atoms with E-state index >= 15 is 0 Å². The predicted molar refractivity (Wildman–Crippen MR) is 115 cm³/mol. The molecule has 2 bridgehead atoms. The molecule has 1 saturated heterocycles. The lowest BCUT2D eigenvalue weighted by molar-refractivity contribution is -0.120. The van der Waals surface area contributed by atoms with Crippen molar-refractivity contribution in [3.05, 3.63) is 76.5 Å². The number of benzene rings is 2. The smallest absolute Gasteiger partial charge is 0.174 e. The van der Waals surface area contributed by atoms with Crippen molar-refractivity contribution in [2.75, 3.05) is 0 Å². The van der Waals surface area contributed by atoms with Gasteiger partial charge in [0.1, 0.15) is 5.76 Å². The van der Waals surface area contributed by atoms with Crippen LogP contribution in [0.25, 0.3) is 16.7 Å². The molecule has 5 rings (SSSR count). The van der Waals surface area contributed by atoms with Crippen molar-refractivity contribution in [3.8, 4) is 11.1 Å². The summed E-state index contributed by atoms with van der Waals surface area (Å²) in [4.78, 5) is 13.5. The number of allylic oxidation sites excluding steroid dienone is 1. The molecule has 0 unspecified atom stereocenters. The Hall–Kier alpha value is -2.36. The SMILES string of the molecule is CCc1ccc(-c2ccc(Cl)cc2)cc1C1=C(O)[C@@H]2[C@H](C1=O)[C@@]1(C)C=C[C@]2(C)O1. The fourth-order valence-electron chi connectivity index (χ4n) is 5.36. The largest absolute Gasteiger partial charge is 0.511 e. The number of aliphatic hydroxyl groups excluding tert-OH is 1. The predicted octanol–water partition coefficient (Wildman–Crippen LogP) is 5.77. The summed E-state index contributed by atoms with van der Waals surface area (Å²) in [5.41, 5.74) is 3.05. The van der Waals surface area contributed by atoms with Crippen LogP contribution in [0, 0.1) is 11.8 Å². The van der Waals surface area contributed by atoms with E-state index in [1.165, 1.54) is 0 Å². The molecular formula is C25H23ClO3. The molecule has 1 aliphatic carbocycles. The maximum Gasteiger partial charge on any atom is 0.174 e. The number of hydrogen-bond donors (Lipinski definition) is 1. The van der Waals surface area contributed by atoms with Crippen LogP contribution >= 0.6 is 11.6 Å². The lowest BCUT2D eigenvalue weighted by Crippen LogP contribution is -2.36. The van der Waals surface area contributed by atoms with Gasteiger partial charge in [0.2, 0.25) is 0 Å². The van der Waals surface area contributed by atoms with Gasteiger partial charge in [0.15, 0.2) is 5.78 Å². The third-order valence-corrected chi connectivity index (χ3v) is 7.02. The first-order valence-corrected chi connectivity index (χ1v) is 10.4. The third-order valence-electron chi connectivity index (χ3n) is 6.77. The zero-order valence-corrected chi connectivity index (χ0v) is 17.5. The number of fused-ring (bicyclic) bond motifs is 5. The summed E-state index contributed by atoms with van der Waals surface area (Å²) in [5, 5.41) is 11.9. The van der Waals surface area contributed by atoms with Crippen LogP contribution in [0.15, 0.2) is 60.4 Å². The standard InChI is InChI=1S/C25H23ClO3/c1-4-14-5-6-16(15-7-9-17(26)10-8-15)13-18(14)19-22(27)20-21(23(19)28)25(3)12-11-24(20,2)29-25/h5-13,20-21,27H,4H2,1-3H3/t20-,21+,24-,25+/m0/s1. The number of ketones is 1. The second kappa shape index (κ2) is 6.07. The van der Waals surface area contributed by atoms with Gasteiger partial charge >= 0.3 is 0 Å². The van der Waals surface area contributed by atoms with Gasteiger partial charge in [-0.1, -0.05) is 54.9 Å². The Kier molecular flexibility index (Phi) is 3.90. The van der Waals surface area contributed by atoms with Gasteiger partial charge in [-0.15, -0.1) is 0 Å². The number of aryl methyl sites for hydroxylation is 1. The number of ether oxygens (including phenoxy) is 1. The van der Waals surface area contributed by atoms with Crippen LogP contribution in [0.5, 0.6) is 0 Å². The van der Waals surface area contributed by atoms with Gasteiger partial charge in [-0.2, -0.15) is 0 Å². The molecule has 0 spiro atoms. The van der Waals surface area contributed by atoms with E-state index in [9.17, 15) is 9.90 Å². The first-order chi connectivity index (χ1) is 13.8. The second-order valence-electron chi connectivity index (χ2n) is 8.62. The van der Waals surface area contributed by atoms with Crippen molar-refractivity contribution in [2.24, 2.45) is 11.8 Å². The fraction of sp³-hybridized carbons (Fsp3) is 0.320. The van der Waals surface area contributed by atoms with E-state index in [0.717, 1.165) is 28.7 Å². The lowest BCUT2D eigenvalue weighted by Gasteiger charge is -2.26. The molecule has 4 heteroatoms. The number of aliphatic hydroxyl groups is 1. The summed E-state index contributed by atoms with van der Waals surface area (Å²) in [5.74, 6) is -0.565. The minimum Gasteiger partial charge on any atom is -0.511 e. The summed E-state index contributed by atoms with van der Waals surface area (Å²) in [6, 6.07) is 13.8. The molecule has 29 heavy (non-hydrogen) atoms. The molecule has 0 radical (unpaired) electrons. The van der Waals surface area contributed by atoms with Crippen LogP contribution in [0.3, 0.4) is 0 Å². The highest BCUT2D eigenvalue weighted by atomic mass is 35.5. The molecule has 1 fully saturated rings. The lowest BCUT2D eigenvalue weighted by atomic mass is 9.72.